The molecule has 0 aliphatic carbocycles. The number of para-hydroxylation sites is 1. The van der Waals surface area contributed by atoms with Gasteiger partial charge in [0.1, 0.15) is 5.82 Å². The van der Waals surface area contributed by atoms with Gasteiger partial charge in [0.05, 0.1) is 18.3 Å². The number of anilines is 1. The van der Waals surface area contributed by atoms with Crippen LogP contribution in [0, 0.1) is 19.7 Å². The lowest BCUT2D eigenvalue weighted by Crippen LogP contribution is -2.36. The second kappa shape index (κ2) is 8.72. The molecule has 3 aromatic rings. The van der Waals surface area contributed by atoms with E-state index in [-0.39, 0.29) is 18.3 Å². The van der Waals surface area contributed by atoms with Gasteiger partial charge in [-0.1, -0.05) is 48.5 Å². The van der Waals surface area contributed by atoms with Crippen LogP contribution in [0.2, 0.25) is 0 Å². The highest BCUT2D eigenvalue weighted by Crippen LogP contribution is 2.34. The molecule has 0 saturated heterocycles. The SMILES string of the molecule is Cc1ccc(C2=NN(C(=O)CN(C)c3ccccc3)[C@H](c3ccccc3F)C2)cc1C. The van der Waals surface area contributed by atoms with Gasteiger partial charge in [-0.15, -0.1) is 0 Å². The zero-order valence-corrected chi connectivity index (χ0v) is 18.0. The van der Waals surface area contributed by atoms with Crippen LogP contribution >= 0.6 is 0 Å². The zero-order valence-electron chi connectivity index (χ0n) is 18.0. The molecule has 0 bridgehead atoms. The summed E-state index contributed by atoms with van der Waals surface area (Å²) in [5, 5.41) is 6.14. The quantitative estimate of drug-likeness (QED) is 0.570. The molecule has 0 radical (unpaired) electrons. The van der Waals surface area contributed by atoms with Gasteiger partial charge in [0.25, 0.3) is 5.91 Å². The van der Waals surface area contributed by atoms with Crippen LogP contribution in [0.15, 0.2) is 77.9 Å². The van der Waals surface area contributed by atoms with Crippen molar-refractivity contribution in [3.05, 3.63) is 101 Å². The van der Waals surface area contributed by atoms with Crippen LogP contribution in [-0.2, 0) is 4.79 Å². The smallest absolute Gasteiger partial charge is 0.262 e. The molecule has 1 amide bonds. The second-order valence-corrected chi connectivity index (χ2v) is 8.02. The number of benzene rings is 3. The highest BCUT2D eigenvalue weighted by molar-refractivity contribution is 6.03. The van der Waals surface area contributed by atoms with Gasteiger partial charge >= 0.3 is 0 Å². The number of amides is 1. The average molecular weight is 416 g/mol. The Morgan fingerprint density at radius 3 is 2.45 bits per heavy atom. The van der Waals surface area contributed by atoms with Crippen LogP contribution in [-0.4, -0.2) is 30.2 Å². The van der Waals surface area contributed by atoms with Crippen LogP contribution < -0.4 is 4.90 Å². The van der Waals surface area contributed by atoms with E-state index in [1.807, 2.05) is 48.3 Å². The molecule has 1 heterocycles. The first-order valence-corrected chi connectivity index (χ1v) is 10.4. The highest BCUT2D eigenvalue weighted by atomic mass is 19.1. The Hall–Kier alpha value is -3.47. The first-order valence-electron chi connectivity index (χ1n) is 10.4. The minimum absolute atomic E-state index is 0.151. The molecule has 4 rings (SSSR count). The third-order valence-corrected chi connectivity index (χ3v) is 5.84. The topological polar surface area (TPSA) is 35.9 Å². The Morgan fingerprint density at radius 2 is 1.74 bits per heavy atom. The number of hydrogen-bond acceptors (Lipinski definition) is 3. The van der Waals surface area contributed by atoms with Crippen molar-refractivity contribution in [2.45, 2.75) is 26.3 Å². The summed E-state index contributed by atoms with van der Waals surface area (Å²) < 4.78 is 14.7. The first-order chi connectivity index (χ1) is 14.9. The normalized spacial score (nSPS) is 15.7. The van der Waals surface area contributed by atoms with E-state index in [4.69, 9.17) is 0 Å². The van der Waals surface area contributed by atoms with Crippen molar-refractivity contribution >= 4 is 17.3 Å². The molecule has 1 atom stereocenters. The summed E-state index contributed by atoms with van der Waals surface area (Å²) in [6, 6.07) is 22.0. The summed E-state index contributed by atoms with van der Waals surface area (Å²) in [5.41, 5.74) is 5.56. The third kappa shape index (κ3) is 4.36. The molecular weight excluding hydrogens is 389 g/mol. The molecule has 3 aromatic carbocycles. The van der Waals surface area contributed by atoms with Crippen molar-refractivity contribution in [3.8, 4) is 0 Å². The average Bonchev–Trinajstić information content (AvgIpc) is 3.22. The summed E-state index contributed by atoms with van der Waals surface area (Å²) in [4.78, 5) is 15.2. The lowest BCUT2D eigenvalue weighted by Gasteiger charge is -2.26. The number of carbonyl (C=O) groups is 1. The summed E-state index contributed by atoms with van der Waals surface area (Å²) in [5.74, 6) is -0.489. The molecular formula is C26H26FN3O. The minimum atomic E-state index is -0.463. The monoisotopic (exact) mass is 415 g/mol. The second-order valence-electron chi connectivity index (χ2n) is 8.02. The highest BCUT2D eigenvalue weighted by Gasteiger charge is 2.35. The maximum absolute atomic E-state index is 14.7. The van der Waals surface area contributed by atoms with E-state index >= 15 is 0 Å². The molecule has 5 heteroatoms. The predicted octanol–water partition coefficient (Wildman–Crippen LogP) is 5.26. The van der Waals surface area contributed by atoms with Crippen LogP contribution in [0.5, 0.6) is 0 Å². The van der Waals surface area contributed by atoms with Gasteiger partial charge in [0, 0.05) is 24.7 Å². The van der Waals surface area contributed by atoms with Crippen molar-refractivity contribution in [3.63, 3.8) is 0 Å². The number of likely N-dealkylation sites (N-methyl/N-ethyl adjacent to an activating group) is 1. The van der Waals surface area contributed by atoms with E-state index in [2.05, 4.69) is 31.1 Å². The zero-order chi connectivity index (χ0) is 22.0. The van der Waals surface area contributed by atoms with E-state index < -0.39 is 6.04 Å². The van der Waals surface area contributed by atoms with E-state index in [0.29, 0.717) is 12.0 Å². The molecule has 1 aliphatic rings. The van der Waals surface area contributed by atoms with Crippen LogP contribution in [0.25, 0.3) is 0 Å². The fraction of sp³-hybridized carbons (Fsp3) is 0.231. The Kier molecular flexibility index (Phi) is 5.85. The molecule has 0 N–H and O–H groups in total. The predicted molar refractivity (Wildman–Crippen MR) is 123 cm³/mol. The number of carbonyl (C=O) groups excluding carboxylic acids is 1. The number of halogens is 1. The van der Waals surface area contributed by atoms with Gasteiger partial charge in [0.15, 0.2) is 0 Å². The molecule has 0 aromatic heterocycles. The van der Waals surface area contributed by atoms with E-state index in [1.54, 1.807) is 18.2 Å². The number of hydrazone groups is 1. The number of rotatable bonds is 5. The summed E-state index contributed by atoms with van der Waals surface area (Å²) >= 11 is 0. The van der Waals surface area contributed by atoms with E-state index in [1.165, 1.54) is 16.6 Å². The van der Waals surface area contributed by atoms with Crippen LogP contribution in [0.1, 0.15) is 34.7 Å². The van der Waals surface area contributed by atoms with Gasteiger partial charge in [-0.3, -0.25) is 4.79 Å². The lowest BCUT2D eigenvalue weighted by molar-refractivity contribution is -0.131. The maximum atomic E-state index is 14.7. The Balaban J connectivity index is 1.66. The lowest BCUT2D eigenvalue weighted by atomic mass is 9.96. The first kappa shape index (κ1) is 20.8. The van der Waals surface area contributed by atoms with Crippen molar-refractivity contribution < 1.29 is 9.18 Å². The molecule has 0 unspecified atom stereocenters. The molecule has 0 fully saturated rings. The fourth-order valence-electron chi connectivity index (χ4n) is 3.87. The van der Waals surface area contributed by atoms with Gasteiger partial charge < -0.3 is 4.90 Å². The number of aryl methyl sites for hydroxylation is 2. The van der Waals surface area contributed by atoms with Crippen molar-refractivity contribution in [1.82, 2.24) is 5.01 Å². The van der Waals surface area contributed by atoms with Gasteiger partial charge in [0.2, 0.25) is 0 Å². The van der Waals surface area contributed by atoms with Crippen LogP contribution in [0.3, 0.4) is 0 Å². The molecule has 31 heavy (non-hydrogen) atoms. The number of nitrogens with zero attached hydrogens (tertiary/aromatic N) is 3. The van der Waals surface area contributed by atoms with E-state index in [0.717, 1.165) is 22.5 Å². The third-order valence-electron chi connectivity index (χ3n) is 5.84. The van der Waals surface area contributed by atoms with Crippen LogP contribution in [0.4, 0.5) is 10.1 Å². The summed E-state index contributed by atoms with van der Waals surface area (Å²) in [6.45, 7) is 4.27. The van der Waals surface area contributed by atoms with Crippen molar-refractivity contribution in [1.29, 1.82) is 0 Å². The Morgan fingerprint density at radius 1 is 1.03 bits per heavy atom. The van der Waals surface area contributed by atoms with Gasteiger partial charge in [-0.05, 0) is 54.8 Å². The van der Waals surface area contributed by atoms with E-state index in [9.17, 15) is 9.18 Å². The summed E-state index contributed by atoms with van der Waals surface area (Å²) in [6.07, 6.45) is 0.476. The molecule has 0 spiro atoms. The summed E-state index contributed by atoms with van der Waals surface area (Å²) in [7, 11) is 1.87. The van der Waals surface area contributed by atoms with Gasteiger partial charge in [-0.2, -0.15) is 5.10 Å². The Labute approximate surface area is 182 Å². The molecule has 0 saturated carbocycles. The molecule has 1 aliphatic heterocycles. The van der Waals surface area contributed by atoms with Crippen molar-refractivity contribution in [2.24, 2.45) is 5.10 Å². The maximum Gasteiger partial charge on any atom is 0.262 e. The minimum Gasteiger partial charge on any atom is -0.365 e. The molecule has 158 valence electrons. The number of hydrogen-bond donors (Lipinski definition) is 0. The Bertz CT molecular complexity index is 1130. The fourth-order valence-corrected chi connectivity index (χ4v) is 3.87. The standard InChI is InChI=1S/C26H26FN3O/c1-18-13-14-20(15-19(18)2)24-16-25(22-11-7-8-12-23(22)27)30(28-24)26(31)17-29(3)21-9-5-4-6-10-21/h4-15,25H,16-17H2,1-3H3/t25-/m0/s1. The van der Waals surface area contributed by atoms with Gasteiger partial charge in [-0.25, -0.2) is 9.40 Å². The van der Waals surface area contributed by atoms with Crippen molar-refractivity contribution in [2.75, 3.05) is 18.5 Å². The molecule has 4 nitrogen and oxygen atoms in total. The largest absolute Gasteiger partial charge is 0.365 e.